The fraction of sp³-hybridized carbons (Fsp3) is 0.600. The van der Waals surface area contributed by atoms with Crippen LogP contribution in [0.15, 0.2) is 9.72 Å². The number of carboxylic acids is 1. The van der Waals surface area contributed by atoms with Crippen LogP contribution in [0, 0.1) is 5.92 Å². The van der Waals surface area contributed by atoms with Crippen molar-refractivity contribution in [1.82, 2.24) is 9.71 Å². The maximum atomic E-state index is 12.0. The standard InChI is InChI=1S/C10H14N2O5S2/c13-9(14)8-10(18-6-11-8)19(15,16)12-3-1-7-2-4-17-5-7/h6-7,12H,1-5H2,(H,13,14). The largest absolute Gasteiger partial charge is 0.476 e. The minimum absolute atomic E-state index is 0.248. The number of hydrogen-bond acceptors (Lipinski definition) is 6. The molecule has 0 saturated carbocycles. The molecular formula is C10H14N2O5S2. The van der Waals surface area contributed by atoms with Gasteiger partial charge in [-0.3, -0.25) is 0 Å². The molecule has 1 unspecified atom stereocenters. The summed E-state index contributed by atoms with van der Waals surface area (Å²) in [5.41, 5.74) is 0.782. The molecule has 7 nitrogen and oxygen atoms in total. The monoisotopic (exact) mass is 306 g/mol. The predicted molar refractivity (Wildman–Crippen MR) is 67.8 cm³/mol. The molecule has 0 amide bonds. The lowest BCUT2D eigenvalue weighted by Gasteiger charge is -2.08. The van der Waals surface area contributed by atoms with Gasteiger partial charge in [0, 0.05) is 19.8 Å². The van der Waals surface area contributed by atoms with Crippen LogP contribution in [0.3, 0.4) is 0 Å². The van der Waals surface area contributed by atoms with E-state index in [0.29, 0.717) is 18.9 Å². The van der Waals surface area contributed by atoms with E-state index < -0.39 is 21.7 Å². The fourth-order valence-electron chi connectivity index (χ4n) is 1.84. The van der Waals surface area contributed by atoms with Crippen LogP contribution < -0.4 is 4.72 Å². The van der Waals surface area contributed by atoms with Gasteiger partial charge in [-0.15, -0.1) is 11.3 Å². The highest BCUT2D eigenvalue weighted by Gasteiger charge is 2.25. The van der Waals surface area contributed by atoms with Crippen LogP contribution in [0.25, 0.3) is 0 Å². The number of aromatic carboxylic acids is 1. The van der Waals surface area contributed by atoms with E-state index in [-0.39, 0.29) is 10.8 Å². The zero-order valence-electron chi connectivity index (χ0n) is 10.0. The van der Waals surface area contributed by atoms with E-state index in [1.165, 1.54) is 5.51 Å². The highest BCUT2D eigenvalue weighted by Crippen LogP contribution is 2.20. The molecule has 0 radical (unpaired) electrons. The number of sulfonamides is 1. The van der Waals surface area contributed by atoms with Gasteiger partial charge in [0.2, 0.25) is 0 Å². The first-order valence-corrected chi connectivity index (χ1v) is 8.11. The molecule has 1 aliphatic rings. The topological polar surface area (TPSA) is 106 Å². The lowest BCUT2D eigenvalue weighted by atomic mass is 10.1. The number of thiazole rings is 1. The van der Waals surface area contributed by atoms with Crippen molar-refractivity contribution in [3.63, 3.8) is 0 Å². The summed E-state index contributed by atoms with van der Waals surface area (Å²) in [6.07, 6.45) is 1.61. The van der Waals surface area contributed by atoms with Gasteiger partial charge in [0.25, 0.3) is 10.0 Å². The van der Waals surface area contributed by atoms with Crippen molar-refractivity contribution in [1.29, 1.82) is 0 Å². The van der Waals surface area contributed by atoms with Crippen LogP contribution in [0.2, 0.25) is 0 Å². The van der Waals surface area contributed by atoms with E-state index in [1.807, 2.05) is 0 Å². The molecular weight excluding hydrogens is 292 g/mol. The van der Waals surface area contributed by atoms with Gasteiger partial charge in [-0.1, -0.05) is 0 Å². The number of carboxylic acid groups (broad SMARTS) is 1. The van der Waals surface area contributed by atoms with Crippen molar-refractivity contribution < 1.29 is 23.1 Å². The molecule has 0 aliphatic carbocycles. The SMILES string of the molecule is O=C(O)c1ncsc1S(=O)(=O)NCCC1CCOC1. The number of rotatable bonds is 6. The highest BCUT2D eigenvalue weighted by molar-refractivity contribution is 7.91. The van der Waals surface area contributed by atoms with Crippen LogP contribution in [-0.4, -0.2) is 44.2 Å². The quantitative estimate of drug-likeness (QED) is 0.795. The van der Waals surface area contributed by atoms with E-state index in [1.54, 1.807) is 0 Å². The Morgan fingerprint density at radius 1 is 1.63 bits per heavy atom. The molecule has 2 N–H and O–H groups in total. The predicted octanol–water partition coefficient (Wildman–Crippen LogP) is 0.546. The third kappa shape index (κ3) is 3.50. The van der Waals surface area contributed by atoms with Gasteiger partial charge in [-0.25, -0.2) is 22.9 Å². The molecule has 1 aromatic rings. The summed E-state index contributed by atoms with van der Waals surface area (Å²) in [6, 6.07) is 0. The molecule has 1 fully saturated rings. The van der Waals surface area contributed by atoms with Crippen molar-refractivity contribution in [2.24, 2.45) is 5.92 Å². The van der Waals surface area contributed by atoms with E-state index >= 15 is 0 Å². The number of carbonyl (C=O) groups is 1. The Morgan fingerprint density at radius 2 is 2.42 bits per heavy atom. The Bertz CT molecular complexity index is 548. The van der Waals surface area contributed by atoms with Crippen LogP contribution >= 0.6 is 11.3 Å². The van der Waals surface area contributed by atoms with E-state index in [4.69, 9.17) is 9.84 Å². The summed E-state index contributed by atoms with van der Waals surface area (Å²) < 4.78 is 31.3. The third-order valence-electron chi connectivity index (χ3n) is 2.85. The summed E-state index contributed by atoms with van der Waals surface area (Å²) in [6.45, 7) is 1.64. The molecule has 2 heterocycles. The van der Waals surface area contributed by atoms with Gasteiger partial charge in [0.15, 0.2) is 9.90 Å². The molecule has 19 heavy (non-hydrogen) atoms. The Labute approximate surface area is 114 Å². The Balaban J connectivity index is 1.97. The van der Waals surface area contributed by atoms with Gasteiger partial charge in [0.05, 0.1) is 5.51 Å². The second kappa shape index (κ2) is 5.95. The Morgan fingerprint density at radius 3 is 3.05 bits per heavy atom. The van der Waals surface area contributed by atoms with E-state index in [0.717, 1.165) is 24.4 Å². The first kappa shape index (κ1) is 14.4. The molecule has 1 atom stereocenters. The molecule has 1 saturated heterocycles. The maximum absolute atomic E-state index is 12.0. The average molecular weight is 306 g/mol. The zero-order chi connectivity index (χ0) is 13.9. The van der Waals surface area contributed by atoms with E-state index in [2.05, 4.69) is 9.71 Å². The summed E-state index contributed by atoms with van der Waals surface area (Å²) in [5.74, 6) is -0.978. The average Bonchev–Trinajstić information content (AvgIpc) is 2.99. The van der Waals surface area contributed by atoms with Crippen molar-refractivity contribution in [3.05, 3.63) is 11.2 Å². The second-order valence-corrected chi connectivity index (χ2v) is 7.03. The van der Waals surface area contributed by atoms with Crippen LogP contribution in [0.4, 0.5) is 0 Å². The molecule has 1 aliphatic heterocycles. The van der Waals surface area contributed by atoms with Crippen LogP contribution in [0.5, 0.6) is 0 Å². The molecule has 0 bridgehead atoms. The van der Waals surface area contributed by atoms with Gasteiger partial charge >= 0.3 is 5.97 Å². The minimum Gasteiger partial charge on any atom is -0.476 e. The molecule has 0 spiro atoms. The van der Waals surface area contributed by atoms with Gasteiger partial charge in [-0.05, 0) is 18.8 Å². The molecule has 0 aromatic carbocycles. The summed E-state index contributed by atoms with van der Waals surface area (Å²) in [5, 5.41) is 8.85. The Hall–Kier alpha value is -1.03. The summed E-state index contributed by atoms with van der Waals surface area (Å²) >= 11 is 0.800. The maximum Gasteiger partial charge on any atom is 0.356 e. The lowest BCUT2D eigenvalue weighted by molar-refractivity contribution is 0.0687. The van der Waals surface area contributed by atoms with Crippen molar-refractivity contribution >= 4 is 27.3 Å². The van der Waals surface area contributed by atoms with Gasteiger partial charge in [0.1, 0.15) is 0 Å². The second-order valence-electron chi connectivity index (χ2n) is 4.21. The minimum atomic E-state index is -3.80. The summed E-state index contributed by atoms with van der Waals surface area (Å²) in [7, 11) is -3.80. The number of aromatic nitrogens is 1. The number of nitrogens with one attached hydrogen (secondary N) is 1. The first-order chi connectivity index (χ1) is 9.00. The normalized spacial score (nSPS) is 19.7. The lowest BCUT2D eigenvalue weighted by Crippen LogP contribution is -2.27. The summed E-state index contributed by atoms with van der Waals surface area (Å²) in [4.78, 5) is 14.4. The smallest absolute Gasteiger partial charge is 0.356 e. The molecule has 9 heteroatoms. The van der Waals surface area contributed by atoms with E-state index in [9.17, 15) is 13.2 Å². The molecule has 1 aromatic heterocycles. The number of ether oxygens (including phenoxy) is 1. The van der Waals surface area contributed by atoms with Crippen LogP contribution in [0.1, 0.15) is 23.3 Å². The zero-order valence-corrected chi connectivity index (χ0v) is 11.7. The number of hydrogen-bond donors (Lipinski definition) is 2. The highest BCUT2D eigenvalue weighted by atomic mass is 32.2. The molecule has 106 valence electrons. The van der Waals surface area contributed by atoms with Gasteiger partial charge in [-0.2, -0.15) is 0 Å². The first-order valence-electron chi connectivity index (χ1n) is 5.75. The van der Waals surface area contributed by atoms with Crippen LogP contribution in [-0.2, 0) is 14.8 Å². The van der Waals surface area contributed by atoms with Crippen molar-refractivity contribution in [2.75, 3.05) is 19.8 Å². The molecule has 2 rings (SSSR count). The third-order valence-corrected chi connectivity index (χ3v) is 5.68. The number of nitrogens with zero attached hydrogens (tertiary/aromatic N) is 1. The Kier molecular flexibility index (Phi) is 4.50. The van der Waals surface area contributed by atoms with Crippen molar-refractivity contribution in [2.45, 2.75) is 17.1 Å². The fourth-order valence-corrected chi connectivity index (χ4v) is 4.07. The van der Waals surface area contributed by atoms with Gasteiger partial charge < -0.3 is 9.84 Å². The van der Waals surface area contributed by atoms with Crippen molar-refractivity contribution in [3.8, 4) is 0 Å².